The molecular formula is C20H17NO2. The molecule has 4 rings (SSSR count). The number of carbonyl (C=O) groups is 1. The van der Waals surface area contributed by atoms with Gasteiger partial charge in [-0.05, 0) is 29.7 Å². The number of aryl methyl sites for hydroxylation is 1. The van der Waals surface area contributed by atoms with Crippen LogP contribution >= 0.6 is 0 Å². The van der Waals surface area contributed by atoms with Crippen molar-refractivity contribution in [2.24, 2.45) is 0 Å². The number of rotatable bonds is 1. The zero-order valence-electron chi connectivity index (χ0n) is 12.8. The number of amides is 1. The van der Waals surface area contributed by atoms with Gasteiger partial charge in [0.25, 0.3) is 0 Å². The normalized spacial score (nSPS) is 16.9. The Morgan fingerprint density at radius 1 is 0.957 bits per heavy atom. The third kappa shape index (κ3) is 2.16. The number of carbonyl (C=O) groups excluding carboxylic acids is 1. The monoisotopic (exact) mass is 303 g/mol. The molecule has 0 bridgehead atoms. The number of aromatic hydroxyl groups is 1. The second-order valence-corrected chi connectivity index (χ2v) is 6.06. The Balaban J connectivity index is 1.98. The Bertz CT molecular complexity index is 930. The van der Waals surface area contributed by atoms with Crippen LogP contribution in [0.2, 0.25) is 0 Å². The molecule has 3 nitrogen and oxygen atoms in total. The molecule has 1 amide bonds. The van der Waals surface area contributed by atoms with E-state index in [4.69, 9.17) is 0 Å². The fourth-order valence-corrected chi connectivity index (χ4v) is 3.53. The Morgan fingerprint density at radius 3 is 2.61 bits per heavy atom. The van der Waals surface area contributed by atoms with Gasteiger partial charge in [-0.2, -0.15) is 0 Å². The van der Waals surface area contributed by atoms with Crippen molar-refractivity contribution in [3.8, 4) is 5.75 Å². The largest absolute Gasteiger partial charge is 0.507 e. The van der Waals surface area contributed by atoms with Crippen LogP contribution in [0.25, 0.3) is 10.8 Å². The molecule has 1 atom stereocenters. The van der Waals surface area contributed by atoms with E-state index in [1.165, 1.54) is 11.1 Å². The second kappa shape index (κ2) is 5.13. The Morgan fingerprint density at radius 2 is 1.78 bits per heavy atom. The van der Waals surface area contributed by atoms with Gasteiger partial charge >= 0.3 is 0 Å². The molecule has 23 heavy (non-hydrogen) atoms. The predicted molar refractivity (Wildman–Crippen MR) is 91.9 cm³/mol. The number of fused-ring (bicyclic) bond motifs is 3. The summed E-state index contributed by atoms with van der Waals surface area (Å²) in [7, 11) is 0. The van der Waals surface area contributed by atoms with Crippen molar-refractivity contribution in [3.63, 3.8) is 0 Å². The van der Waals surface area contributed by atoms with Gasteiger partial charge < -0.3 is 10.4 Å². The smallest absolute Gasteiger partial charge is 0.225 e. The van der Waals surface area contributed by atoms with Gasteiger partial charge in [-0.25, -0.2) is 0 Å². The molecule has 0 aliphatic carbocycles. The van der Waals surface area contributed by atoms with Crippen LogP contribution in [0.15, 0.2) is 54.6 Å². The highest BCUT2D eigenvalue weighted by atomic mass is 16.3. The Labute approximate surface area is 134 Å². The van der Waals surface area contributed by atoms with Gasteiger partial charge in [0.15, 0.2) is 0 Å². The lowest BCUT2D eigenvalue weighted by Crippen LogP contribution is -2.24. The highest BCUT2D eigenvalue weighted by Crippen LogP contribution is 2.43. The highest BCUT2D eigenvalue weighted by Gasteiger charge is 2.28. The van der Waals surface area contributed by atoms with E-state index in [2.05, 4.69) is 24.4 Å². The molecule has 1 aliphatic rings. The van der Waals surface area contributed by atoms with Gasteiger partial charge in [-0.15, -0.1) is 0 Å². The van der Waals surface area contributed by atoms with Gasteiger partial charge in [0.1, 0.15) is 5.75 Å². The minimum Gasteiger partial charge on any atom is -0.507 e. The quantitative estimate of drug-likeness (QED) is 0.703. The van der Waals surface area contributed by atoms with Crippen molar-refractivity contribution >= 4 is 22.4 Å². The predicted octanol–water partition coefficient (Wildman–Crippen LogP) is 4.33. The third-order valence-electron chi connectivity index (χ3n) is 4.66. The van der Waals surface area contributed by atoms with Crippen molar-refractivity contribution in [1.82, 2.24) is 0 Å². The minimum absolute atomic E-state index is 0.0154. The summed E-state index contributed by atoms with van der Waals surface area (Å²) >= 11 is 0. The summed E-state index contributed by atoms with van der Waals surface area (Å²) in [5.74, 6) is 0.297. The lowest BCUT2D eigenvalue weighted by atomic mass is 9.81. The van der Waals surface area contributed by atoms with Gasteiger partial charge in [-0.1, -0.05) is 48.5 Å². The fraction of sp³-hybridized carbons (Fsp3) is 0.150. The number of phenols is 1. The topological polar surface area (TPSA) is 49.3 Å². The maximum absolute atomic E-state index is 12.3. The van der Waals surface area contributed by atoms with Crippen LogP contribution in [0.3, 0.4) is 0 Å². The maximum Gasteiger partial charge on any atom is 0.225 e. The van der Waals surface area contributed by atoms with Gasteiger partial charge in [-0.3, -0.25) is 4.79 Å². The summed E-state index contributed by atoms with van der Waals surface area (Å²) in [6, 6.07) is 17.6. The molecule has 0 radical (unpaired) electrons. The van der Waals surface area contributed by atoms with Gasteiger partial charge in [0, 0.05) is 23.1 Å². The molecule has 1 heterocycles. The number of phenolic OH excluding ortho intramolecular Hbond substituents is 1. The average Bonchev–Trinajstić information content (AvgIpc) is 2.55. The molecule has 0 spiro atoms. The maximum atomic E-state index is 12.3. The first-order chi connectivity index (χ1) is 11.1. The van der Waals surface area contributed by atoms with E-state index in [1.807, 2.05) is 36.4 Å². The van der Waals surface area contributed by atoms with Crippen LogP contribution in [0.4, 0.5) is 5.69 Å². The Hall–Kier alpha value is -2.81. The first kappa shape index (κ1) is 13.8. The number of hydrogen-bond donors (Lipinski definition) is 2. The average molecular weight is 303 g/mol. The molecule has 0 fully saturated rings. The molecule has 0 saturated heterocycles. The zero-order valence-corrected chi connectivity index (χ0v) is 12.8. The molecular weight excluding hydrogens is 286 g/mol. The van der Waals surface area contributed by atoms with Crippen LogP contribution in [-0.4, -0.2) is 11.0 Å². The lowest BCUT2D eigenvalue weighted by Gasteiger charge is -2.28. The van der Waals surface area contributed by atoms with Crippen molar-refractivity contribution in [2.45, 2.75) is 19.3 Å². The summed E-state index contributed by atoms with van der Waals surface area (Å²) in [6.07, 6.45) is 0.447. The van der Waals surface area contributed by atoms with E-state index in [1.54, 1.807) is 6.07 Å². The molecule has 0 unspecified atom stereocenters. The van der Waals surface area contributed by atoms with Crippen molar-refractivity contribution in [2.75, 3.05) is 5.32 Å². The van der Waals surface area contributed by atoms with Gasteiger partial charge in [0.05, 0.1) is 5.69 Å². The first-order valence-corrected chi connectivity index (χ1v) is 7.75. The SMILES string of the molecule is Cc1ccccc1[C@@H]1CC(=O)Nc2c1ccc1c(O)cccc21. The van der Waals surface area contributed by atoms with E-state index < -0.39 is 0 Å². The Kier molecular flexibility index (Phi) is 3.08. The van der Waals surface area contributed by atoms with Crippen molar-refractivity contribution in [1.29, 1.82) is 0 Å². The van der Waals surface area contributed by atoms with Crippen LogP contribution < -0.4 is 5.32 Å². The molecule has 0 saturated carbocycles. The summed E-state index contributed by atoms with van der Waals surface area (Å²) < 4.78 is 0. The van der Waals surface area contributed by atoms with E-state index in [-0.39, 0.29) is 17.6 Å². The highest BCUT2D eigenvalue weighted by molar-refractivity contribution is 6.07. The van der Waals surface area contributed by atoms with Crippen LogP contribution in [0, 0.1) is 6.92 Å². The minimum atomic E-state index is 0.0154. The molecule has 2 N–H and O–H groups in total. The zero-order chi connectivity index (χ0) is 16.0. The molecule has 3 aromatic carbocycles. The molecule has 3 heteroatoms. The summed E-state index contributed by atoms with van der Waals surface area (Å²) in [6.45, 7) is 2.08. The molecule has 114 valence electrons. The molecule has 0 aromatic heterocycles. The summed E-state index contributed by atoms with van der Waals surface area (Å²) in [5, 5.41) is 14.7. The molecule has 1 aliphatic heterocycles. The van der Waals surface area contributed by atoms with E-state index in [0.29, 0.717) is 6.42 Å². The number of anilines is 1. The lowest BCUT2D eigenvalue weighted by molar-refractivity contribution is -0.116. The van der Waals surface area contributed by atoms with E-state index in [9.17, 15) is 9.90 Å². The number of benzene rings is 3. The first-order valence-electron chi connectivity index (χ1n) is 7.75. The van der Waals surface area contributed by atoms with E-state index in [0.717, 1.165) is 22.0 Å². The van der Waals surface area contributed by atoms with Gasteiger partial charge in [0.2, 0.25) is 5.91 Å². The van der Waals surface area contributed by atoms with Crippen molar-refractivity contribution < 1.29 is 9.90 Å². The summed E-state index contributed by atoms with van der Waals surface area (Å²) in [4.78, 5) is 12.3. The van der Waals surface area contributed by atoms with E-state index >= 15 is 0 Å². The van der Waals surface area contributed by atoms with Crippen LogP contribution in [0.5, 0.6) is 5.75 Å². The second-order valence-electron chi connectivity index (χ2n) is 6.06. The fourth-order valence-electron chi connectivity index (χ4n) is 3.53. The van der Waals surface area contributed by atoms with Crippen LogP contribution in [-0.2, 0) is 4.79 Å². The summed E-state index contributed by atoms with van der Waals surface area (Å²) in [5.41, 5.74) is 4.30. The number of hydrogen-bond acceptors (Lipinski definition) is 2. The van der Waals surface area contributed by atoms with Crippen molar-refractivity contribution in [3.05, 3.63) is 71.3 Å². The third-order valence-corrected chi connectivity index (χ3v) is 4.66. The standard InChI is InChI=1S/C20H17NO2/c1-12-5-2-3-6-13(12)17-11-19(23)21-20-15-7-4-8-18(22)14(15)9-10-16(17)20/h2-10,17,22H,11H2,1H3,(H,21,23)/t17-/m0/s1. The van der Waals surface area contributed by atoms with Crippen LogP contribution in [0.1, 0.15) is 29.0 Å². The number of nitrogens with one attached hydrogen (secondary N) is 1. The molecule has 3 aromatic rings.